The van der Waals surface area contributed by atoms with Crippen molar-refractivity contribution in [2.75, 3.05) is 0 Å². The number of imidazole rings is 1. The fourth-order valence-corrected chi connectivity index (χ4v) is 2.13. The zero-order chi connectivity index (χ0) is 15.6. The van der Waals surface area contributed by atoms with E-state index >= 15 is 0 Å². The predicted molar refractivity (Wildman–Crippen MR) is 79.1 cm³/mol. The molecule has 6 heteroatoms. The van der Waals surface area contributed by atoms with Gasteiger partial charge in [0.05, 0.1) is 5.56 Å². The van der Waals surface area contributed by atoms with Crippen LogP contribution in [0.25, 0.3) is 0 Å². The lowest BCUT2D eigenvalue weighted by molar-refractivity contribution is 0.0718. The van der Waals surface area contributed by atoms with Crippen LogP contribution in [-0.2, 0) is 6.54 Å². The molecule has 1 aromatic carbocycles. The molecule has 0 aliphatic heterocycles. The lowest BCUT2D eigenvalue weighted by Crippen LogP contribution is -2.14. The molecule has 0 aliphatic rings. The van der Waals surface area contributed by atoms with Crippen molar-refractivity contribution in [3.63, 3.8) is 0 Å². The number of carbonyl (C=O) groups is 2. The highest BCUT2D eigenvalue weighted by atomic mass is 35.5. The summed E-state index contributed by atoms with van der Waals surface area (Å²) in [6.07, 6.45) is 0. The second kappa shape index (κ2) is 6.10. The number of ketones is 1. The Morgan fingerprint density at radius 3 is 2.43 bits per heavy atom. The van der Waals surface area contributed by atoms with Crippen molar-refractivity contribution in [3.05, 3.63) is 46.4 Å². The van der Waals surface area contributed by atoms with Crippen LogP contribution in [0.1, 0.15) is 40.4 Å². The second-order valence-electron chi connectivity index (χ2n) is 4.59. The fraction of sp³-hybridized carbons (Fsp3) is 0.267. The molecule has 0 N–H and O–H groups in total. The number of hydrogen-bond donors (Lipinski definition) is 0. The van der Waals surface area contributed by atoms with Crippen molar-refractivity contribution >= 4 is 23.4 Å². The quantitative estimate of drug-likeness (QED) is 0.642. The molecule has 0 aliphatic carbocycles. The second-order valence-corrected chi connectivity index (χ2v) is 4.95. The Bertz CT molecular complexity index is 690. The summed E-state index contributed by atoms with van der Waals surface area (Å²) in [5.74, 6) is -0.512. The molecule has 5 nitrogen and oxygen atoms in total. The number of rotatable bonds is 4. The van der Waals surface area contributed by atoms with E-state index in [0.717, 1.165) is 5.56 Å². The highest BCUT2D eigenvalue weighted by Gasteiger charge is 2.22. The van der Waals surface area contributed by atoms with E-state index in [-0.39, 0.29) is 22.6 Å². The van der Waals surface area contributed by atoms with Gasteiger partial charge in [0.2, 0.25) is 5.88 Å². The van der Waals surface area contributed by atoms with Crippen LogP contribution in [0.4, 0.5) is 0 Å². The summed E-state index contributed by atoms with van der Waals surface area (Å²) in [4.78, 5) is 27.6. The Balaban J connectivity index is 2.33. The van der Waals surface area contributed by atoms with Crippen molar-refractivity contribution in [3.8, 4) is 5.88 Å². The summed E-state index contributed by atoms with van der Waals surface area (Å²) in [7, 11) is 0. The third kappa shape index (κ3) is 3.13. The molecule has 110 valence electrons. The van der Waals surface area contributed by atoms with E-state index in [1.165, 1.54) is 11.5 Å². The number of aryl methyl sites for hydroxylation is 1. The average Bonchev–Trinajstić information content (AvgIpc) is 2.76. The van der Waals surface area contributed by atoms with Gasteiger partial charge in [0, 0.05) is 13.5 Å². The van der Waals surface area contributed by atoms with Crippen LogP contribution in [0.15, 0.2) is 24.3 Å². The van der Waals surface area contributed by atoms with Gasteiger partial charge in [-0.05, 0) is 26.0 Å². The number of Topliss-reactive ketones (excluding diaryl/α,β-unsaturated/α-hetero) is 1. The number of esters is 1. The van der Waals surface area contributed by atoms with Gasteiger partial charge < -0.3 is 4.74 Å². The Hall–Kier alpha value is -2.14. The van der Waals surface area contributed by atoms with Crippen molar-refractivity contribution in [2.45, 2.75) is 27.3 Å². The Morgan fingerprint density at radius 1 is 1.29 bits per heavy atom. The van der Waals surface area contributed by atoms with Crippen molar-refractivity contribution < 1.29 is 14.3 Å². The summed E-state index contributed by atoms with van der Waals surface area (Å²) in [5, 5.41) is 0.00233. The van der Waals surface area contributed by atoms with Gasteiger partial charge in [-0.3, -0.25) is 9.36 Å². The molecule has 0 saturated heterocycles. The lowest BCUT2D eigenvalue weighted by Gasteiger charge is -2.08. The first-order valence-electron chi connectivity index (χ1n) is 6.49. The molecule has 0 unspecified atom stereocenters. The molecular formula is C15H15ClN2O3. The third-order valence-electron chi connectivity index (χ3n) is 2.99. The number of ether oxygens (including phenoxy) is 1. The van der Waals surface area contributed by atoms with E-state index in [1.807, 2.05) is 26.0 Å². The molecule has 0 spiro atoms. The minimum Gasteiger partial charge on any atom is -0.402 e. The number of nitrogens with zero attached hydrogens (tertiary/aromatic N) is 2. The SMILES string of the molecule is CCn1c(C(C)=O)nc(Cl)c1OC(=O)c1ccc(C)cc1. The normalized spacial score (nSPS) is 10.5. The predicted octanol–water partition coefficient (Wildman–Crippen LogP) is 3.29. The molecule has 0 atom stereocenters. The largest absolute Gasteiger partial charge is 0.402 e. The molecule has 21 heavy (non-hydrogen) atoms. The van der Waals surface area contributed by atoms with E-state index in [0.29, 0.717) is 12.1 Å². The monoisotopic (exact) mass is 306 g/mol. The van der Waals surface area contributed by atoms with Gasteiger partial charge in [0.25, 0.3) is 0 Å². The fourth-order valence-electron chi connectivity index (χ4n) is 1.90. The minimum absolute atomic E-state index is 0.00233. The Kier molecular flexibility index (Phi) is 4.43. The standard InChI is InChI=1S/C15H15ClN2O3/c1-4-18-13(10(3)19)17-12(16)14(18)21-15(20)11-7-5-9(2)6-8-11/h5-8H,4H2,1-3H3. The number of aromatic nitrogens is 2. The van der Waals surface area contributed by atoms with Crippen LogP contribution in [0, 0.1) is 6.92 Å². The first kappa shape index (κ1) is 15.3. The molecule has 0 bridgehead atoms. The smallest absolute Gasteiger partial charge is 0.344 e. The number of benzene rings is 1. The van der Waals surface area contributed by atoms with E-state index in [1.54, 1.807) is 12.1 Å². The van der Waals surface area contributed by atoms with Gasteiger partial charge in [0.1, 0.15) is 0 Å². The van der Waals surface area contributed by atoms with Gasteiger partial charge in [0.15, 0.2) is 16.8 Å². The van der Waals surface area contributed by atoms with Crippen LogP contribution in [-0.4, -0.2) is 21.3 Å². The maximum Gasteiger partial charge on any atom is 0.344 e. The zero-order valence-electron chi connectivity index (χ0n) is 12.0. The third-order valence-corrected chi connectivity index (χ3v) is 3.24. The van der Waals surface area contributed by atoms with Crippen molar-refractivity contribution in [1.29, 1.82) is 0 Å². The van der Waals surface area contributed by atoms with Crippen molar-refractivity contribution in [2.24, 2.45) is 0 Å². The summed E-state index contributed by atoms with van der Waals surface area (Å²) >= 11 is 5.97. The molecule has 1 heterocycles. The zero-order valence-corrected chi connectivity index (χ0v) is 12.8. The first-order chi connectivity index (χ1) is 9.93. The molecule has 0 amide bonds. The van der Waals surface area contributed by atoms with Crippen LogP contribution >= 0.6 is 11.6 Å². The summed E-state index contributed by atoms with van der Waals surface area (Å²) in [6, 6.07) is 6.97. The highest BCUT2D eigenvalue weighted by molar-refractivity contribution is 6.31. The van der Waals surface area contributed by atoms with E-state index in [4.69, 9.17) is 16.3 Å². The highest BCUT2D eigenvalue weighted by Crippen LogP contribution is 2.26. The van der Waals surface area contributed by atoms with Gasteiger partial charge in [-0.15, -0.1) is 0 Å². The topological polar surface area (TPSA) is 61.2 Å². The number of hydrogen-bond acceptors (Lipinski definition) is 4. The molecule has 2 aromatic rings. The average molecular weight is 307 g/mol. The van der Waals surface area contributed by atoms with E-state index < -0.39 is 5.97 Å². The lowest BCUT2D eigenvalue weighted by atomic mass is 10.1. The van der Waals surface area contributed by atoms with Gasteiger partial charge >= 0.3 is 5.97 Å². The summed E-state index contributed by atoms with van der Waals surface area (Å²) < 4.78 is 6.78. The van der Waals surface area contributed by atoms with Gasteiger partial charge in [-0.25, -0.2) is 9.78 Å². The maximum absolute atomic E-state index is 12.1. The number of carbonyl (C=O) groups excluding carboxylic acids is 2. The van der Waals surface area contributed by atoms with Crippen LogP contribution < -0.4 is 4.74 Å². The molecular weight excluding hydrogens is 292 g/mol. The molecule has 0 saturated carbocycles. The van der Waals surface area contributed by atoms with E-state index in [2.05, 4.69) is 4.98 Å². The van der Waals surface area contributed by atoms with Crippen LogP contribution in [0.5, 0.6) is 5.88 Å². The Labute approximate surface area is 127 Å². The van der Waals surface area contributed by atoms with Gasteiger partial charge in [-0.1, -0.05) is 29.3 Å². The van der Waals surface area contributed by atoms with E-state index in [9.17, 15) is 9.59 Å². The number of halogens is 1. The summed E-state index contributed by atoms with van der Waals surface area (Å²) in [5.41, 5.74) is 1.45. The van der Waals surface area contributed by atoms with Crippen molar-refractivity contribution in [1.82, 2.24) is 9.55 Å². The molecule has 0 radical (unpaired) electrons. The first-order valence-corrected chi connectivity index (χ1v) is 6.87. The molecule has 2 rings (SSSR count). The Morgan fingerprint density at radius 2 is 1.90 bits per heavy atom. The van der Waals surface area contributed by atoms with Crippen LogP contribution in [0.3, 0.4) is 0 Å². The summed E-state index contributed by atoms with van der Waals surface area (Å²) in [6.45, 7) is 5.55. The van der Waals surface area contributed by atoms with Crippen LogP contribution in [0.2, 0.25) is 5.15 Å². The molecule has 0 fully saturated rings. The maximum atomic E-state index is 12.1. The van der Waals surface area contributed by atoms with Gasteiger partial charge in [-0.2, -0.15) is 0 Å². The molecule has 1 aromatic heterocycles. The minimum atomic E-state index is -0.540.